The molecule has 82 valence electrons. The molecule has 1 amide bonds. The van der Waals surface area contributed by atoms with Crippen molar-refractivity contribution in [2.75, 3.05) is 31.1 Å². The lowest BCUT2D eigenvalue weighted by Gasteiger charge is -2.14. The van der Waals surface area contributed by atoms with Gasteiger partial charge in [0.2, 0.25) is 5.91 Å². The molecule has 0 aromatic rings. The van der Waals surface area contributed by atoms with Gasteiger partial charge in [0.15, 0.2) is 0 Å². The molecule has 1 aliphatic heterocycles. The molecule has 4 nitrogen and oxygen atoms in total. The molecule has 1 saturated heterocycles. The number of nitrogens with zero attached hydrogens (tertiary/aromatic N) is 1. The van der Waals surface area contributed by atoms with Gasteiger partial charge in [0.1, 0.15) is 5.75 Å². The van der Waals surface area contributed by atoms with E-state index in [-0.39, 0.29) is 11.7 Å². The van der Waals surface area contributed by atoms with Gasteiger partial charge in [0.05, 0.1) is 0 Å². The third kappa shape index (κ3) is 3.75. The minimum atomic E-state index is -1.02. The average molecular weight is 218 g/mol. The van der Waals surface area contributed by atoms with Gasteiger partial charge in [-0.05, 0) is 25.8 Å². The van der Waals surface area contributed by atoms with Gasteiger partial charge < -0.3 is 10.6 Å². The largest absolute Gasteiger partial charge is 0.342 e. The Morgan fingerprint density at radius 3 is 2.57 bits per heavy atom. The van der Waals surface area contributed by atoms with E-state index in [4.69, 9.17) is 5.73 Å². The second-order valence-corrected chi connectivity index (χ2v) is 5.09. The molecule has 1 atom stereocenters. The molecule has 1 rings (SSSR count). The van der Waals surface area contributed by atoms with E-state index in [9.17, 15) is 9.00 Å². The van der Waals surface area contributed by atoms with Gasteiger partial charge in [-0.2, -0.15) is 0 Å². The number of carbonyl (C=O) groups is 1. The zero-order valence-corrected chi connectivity index (χ0v) is 9.22. The van der Waals surface area contributed by atoms with Crippen molar-refractivity contribution in [1.29, 1.82) is 0 Å². The quantitative estimate of drug-likeness (QED) is 0.689. The van der Waals surface area contributed by atoms with Gasteiger partial charge in [-0.15, -0.1) is 0 Å². The maximum Gasteiger partial charge on any atom is 0.235 e. The fraction of sp³-hybridized carbons (Fsp3) is 0.889. The Morgan fingerprint density at radius 1 is 1.36 bits per heavy atom. The molecule has 1 heterocycles. The van der Waals surface area contributed by atoms with E-state index in [0.717, 1.165) is 32.4 Å². The normalized spacial score (nSPS) is 18.5. The molecule has 2 N–H and O–H groups in total. The Bertz CT molecular complexity index is 215. The molecular weight excluding hydrogens is 200 g/mol. The molecule has 0 aromatic heterocycles. The van der Waals surface area contributed by atoms with Gasteiger partial charge in [-0.25, -0.2) is 0 Å². The minimum absolute atomic E-state index is 0.0397. The van der Waals surface area contributed by atoms with Crippen LogP contribution in [0.2, 0.25) is 0 Å². The lowest BCUT2D eigenvalue weighted by Crippen LogP contribution is -2.32. The summed E-state index contributed by atoms with van der Waals surface area (Å²) in [6.07, 6.45) is 2.91. The van der Waals surface area contributed by atoms with Crippen molar-refractivity contribution < 1.29 is 9.00 Å². The molecule has 1 fully saturated rings. The van der Waals surface area contributed by atoms with Crippen LogP contribution in [-0.2, 0) is 15.6 Å². The number of carbonyl (C=O) groups excluding carboxylic acids is 1. The number of hydrogen-bond acceptors (Lipinski definition) is 3. The van der Waals surface area contributed by atoms with Crippen LogP contribution in [0.15, 0.2) is 0 Å². The smallest absolute Gasteiger partial charge is 0.235 e. The Hall–Kier alpha value is -0.420. The molecule has 0 aromatic carbocycles. The van der Waals surface area contributed by atoms with E-state index in [1.165, 1.54) is 0 Å². The second kappa shape index (κ2) is 6.14. The van der Waals surface area contributed by atoms with Crippen LogP contribution >= 0.6 is 0 Å². The van der Waals surface area contributed by atoms with Crippen LogP contribution in [0.25, 0.3) is 0 Å². The predicted octanol–water partition coefficient (Wildman–Crippen LogP) is -0.294. The number of hydrogen-bond donors (Lipinski definition) is 1. The molecule has 1 unspecified atom stereocenters. The highest BCUT2D eigenvalue weighted by Crippen LogP contribution is 2.07. The van der Waals surface area contributed by atoms with Gasteiger partial charge in [-0.1, -0.05) is 0 Å². The molecule has 0 spiro atoms. The van der Waals surface area contributed by atoms with E-state index in [2.05, 4.69) is 0 Å². The SMILES string of the molecule is NCCCS(=O)CC(=O)N1CCCC1. The second-order valence-electron chi connectivity index (χ2n) is 3.52. The third-order valence-electron chi connectivity index (χ3n) is 2.32. The van der Waals surface area contributed by atoms with Gasteiger partial charge in [-0.3, -0.25) is 9.00 Å². The van der Waals surface area contributed by atoms with E-state index in [0.29, 0.717) is 12.3 Å². The number of rotatable bonds is 5. The maximum absolute atomic E-state index is 11.5. The first-order valence-corrected chi connectivity index (χ1v) is 6.55. The fourth-order valence-corrected chi connectivity index (χ4v) is 2.60. The highest BCUT2D eigenvalue weighted by Gasteiger charge is 2.19. The van der Waals surface area contributed by atoms with Crippen molar-refractivity contribution in [2.24, 2.45) is 5.73 Å². The molecular formula is C9H18N2O2S. The Morgan fingerprint density at radius 2 is 2.00 bits per heavy atom. The van der Waals surface area contributed by atoms with Crippen molar-refractivity contribution in [1.82, 2.24) is 4.90 Å². The lowest BCUT2D eigenvalue weighted by atomic mass is 10.4. The molecule has 5 heteroatoms. The minimum Gasteiger partial charge on any atom is -0.342 e. The summed E-state index contributed by atoms with van der Waals surface area (Å²) < 4.78 is 11.4. The van der Waals surface area contributed by atoms with Crippen molar-refractivity contribution in [3.05, 3.63) is 0 Å². The van der Waals surface area contributed by atoms with Crippen LogP contribution in [0, 0.1) is 0 Å². The number of likely N-dealkylation sites (tertiary alicyclic amines) is 1. The summed E-state index contributed by atoms with van der Waals surface area (Å²) >= 11 is 0. The highest BCUT2D eigenvalue weighted by atomic mass is 32.2. The summed E-state index contributed by atoms with van der Waals surface area (Å²) in [5.74, 6) is 0.772. The first kappa shape index (κ1) is 11.7. The predicted molar refractivity (Wildman–Crippen MR) is 57.4 cm³/mol. The van der Waals surface area contributed by atoms with Crippen molar-refractivity contribution >= 4 is 16.7 Å². The van der Waals surface area contributed by atoms with Gasteiger partial charge in [0, 0.05) is 29.6 Å². The van der Waals surface area contributed by atoms with Gasteiger partial charge >= 0.3 is 0 Å². The zero-order valence-electron chi connectivity index (χ0n) is 8.41. The molecule has 0 saturated carbocycles. The number of amides is 1. The lowest BCUT2D eigenvalue weighted by molar-refractivity contribution is -0.127. The standard InChI is InChI=1S/C9H18N2O2S/c10-4-3-7-14(13)8-9(12)11-5-1-2-6-11/h1-8,10H2. The molecule has 1 aliphatic rings. The van der Waals surface area contributed by atoms with Crippen LogP contribution in [0.4, 0.5) is 0 Å². The zero-order chi connectivity index (χ0) is 10.4. The number of nitrogens with two attached hydrogens (primary N) is 1. The highest BCUT2D eigenvalue weighted by molar-refractivity contribution is 7.85. The van der Waals surface area contributed by atoms with E-state index >= 15 is 0 Å². The van der Waals surface area contributed by atoms with E-state index in [1.807, 2.05) is 0 Å². The average Bonchev–Trinajstić information content (AvgIpc) is 2.67. The van der Waals surface area contributed by atoms with Crippen LogP contribution in [0.5, 0.6) is 0 Å². The van der Waals surface area contributed by atoms with E-state index < -0.39 is 10.8 Å². The Kier molecular flexibility index (Phi) is 5.11. The van der Waals surface area contributed by atoms with Crippen molar-refractivity contribution in [3.63, 3.8) is 0 Å². The summed E-state index contributed by atoms with van der Waals surface area (Å²) in [5, 5.41) is 0. The molecule has 0 aliphatic carbocycles. The van der Waals surface area contributed by atoms with Crippen molar-refractivity contribution in [3.8, 4) is 0 Å². The first-order valence-electron chi connectivity index (χ1n) is 5.07. The molecule has 14 heavy (non-hydrogen) atoms. The summed E-state index contributed by atoms with van der Waals surface area (Å²) in [7, 11) is -1.02. The summed E-state index contributed by atoms with van der Waals surface area (Å²) in [6, 6.07) is 0. The Labute approximate surface area is 87.3 Å². The van der Waals surface area contributed by atoms with Crippen LogP contribution in [0.3, 0.4) is 0 Å². The van der Waals surface area contributed by atoms with E-state index in [1.54, 1.807) is 4.90 Å². The topological polar surface area (TPSA) is 63.4 Å². The van der Waals surface area contributed by atoms with Gasteiger partial charge in [0.25, 0.3) is 0 Å². The summed E-state index contributed by atoms with van der Waals surface area (Å²) in [5.41, 5.74) is 5.30. The van der Waals surface area contributed by atoms with Crippen LogP contribution in [-0.4, -0.2) is 46.2 Å². The van der Waals surface area contributed by atoms with Crippen LogP contribution in [0.1, 0.15) is 19.3 Å². The fourth-order valence-electron chi connectivity index (χ4n) is 1.51. The van der Waals surface area contributed by atoms with Crippen LogP contribution < -0.4 is 5.73 Å². The molecule has 0 bridgehead atoms. The van der Waals surface area contributed by atoms with Crippen molar-refractivity contribution in [2.45, 2.75) is 19.3 Å². The Balaban J connectivity index is 2.21. The first-order chi connectivity index (χ1) is 6.74. The summed E-state index contributed by atoms with van der Waals surface area (Å²) in [4.78, 5) is 13.3. The summed E-state index contributed by atoms with van der Waals surface area (Å²) in [6.45, 7) is 2.23. The maximum atomic E-state index is 11.5. The molecule has 0 radical (unpaired) electrons. The third-order valence-corrected chi connectivity index (χ3v) is 3.63. The monoisotopic (exact) mass is 218 g/mol.